The normalized spacial score (nSPS) is 31.8. The second-order valence-electron chi connectivity index (χ2n) is 13.1. The van der Waals surface area contributed by atoms with Crippen molar-refractivity contribution in [3.8, 4) is 6.19 Å². The summed E-state index contributed by atoms with van der Waals surface area (Å²) in [5.41, 5.74) is -2.29. The van der Waals surface area contributed by atoms with Gasteiger partial charge in [-0.1, -0.05) is 0 Å². The lowest BCUT2D eigenvalue weighted by molar-refractivity contribution is -0.178. The van der Waals surface area contributed by atoms with E-state index in [1.807, 2.05) is 32.6 Å². The summed E-state index contributed by atoms with van der Waals surface area (Å²) in [6.07, 6.45) is 3.83. The monoisotopic (exact) mass is 532 g/mol. The third kappa shape index (κ3) is 4.45. The molecule has 2 N–H and O–H groups in total. The molecule has 1 aromatic heterocycles. The van der Waals surface area contributed by atoms with Crippen LogP contribution in [0.1, 0.15) is 65.4 Å². The van der Waals surface area contributed by atoms with Crippen molar-refractivity contribution in [1.29, 1.82) is 10.7 Å². The first-order chi connectivity index (χ1) is 17.7. The molecular weight excluding hydrogens is 493 g/mol. The van der Waals surface area contributed by atoms with E-state index in [0.717, 1.165) is 44.4 Å². The third-order valence-electron chi connectivity index (χ3n) is 10.2. The highest BCUT2D eigenvalue weighted by Crippen LogP contribution is 2.64. The summed E-state index contributed by atoms with van der Waals surface area (Å²) in [5.74, 6) is 2.00. The predicted octanol–water partition coefficient (Wildman–Crippen LogP) is 4.73. The van der Waals surface area contributed by atoms with E-state index in [1.165, 1.54) is 6.07 Å². The van der Waals surface area contributed by atoms with Crippen LogP contribution in [0.2, 0.25) is 0 Å². The number of anilines is 1. The highest BCUT2D eigenvalue weighted by molar-refractivity contribution is 5.89. The summed E-state index contributed by atoms with van der Waals surface area (Å²) in [4.78, 5) is 9.86. The summed E-state index contributed by atoms with van der Waals surface area (Å²) in [7, 11) is 0. The molecule has 2 unspecified atom stereocenters. The van der Waals surface area contributed by atoms with Gasteiger partial charge in [0.15, 0.2) is 6.19 Å². The molecule has 1 aromatic rings. The number of halogens is 3. The van der Waals surface area contributed by atoms with Crippen molar-refractivity contribution < 1.29 is 18.3 Å². The van der Waals surface area contributed by atoms with E-state index in [-0.39, 0.29) is 11.5 Å². The van der Waals surface area contributed by atoms with Crippen molar-refractivity contribution in [3.63, 3.8) is 0 Å². The zero-order chi connectivity index (χ0) is 27.7. The molecule has 0 radical (unpaired) electrons. The molecule has 1 saturated heterocycles. The number of rotatable bonds is 5. The Morgan fingerprint density at radius 1 is 1.08 bits per heavy atom. The van der Waals surface area contributed by atoms with Crippen LogP contribution in [0.4, 0.5) is 19.0 Å². The van der Waals surface area contributed by atoms with Crippen LogP contribution in [0.3, 0.4) is 0 Å². The summed E-state index contributed by atoms with van der Waals surface area (Å²) >= 11 is 0. The SMILES string of the molecule is CC(C)(C(=N)N(C#N)C1C2CC3CC1CC(C(C)(C)O)(C3)C2)N1CCN(c2ccc(C(F)(F)F)cn2)CC1. The largest absolute Gasteiger partial charge is 0.417 e. The fourth-order valence-corrected chi connectivity index (χ4v) is 8.11. The molecule has 6 rings (SSSR count). The Balaban J connectivity index is 1.27. The first-order valence-electron chi connectivity index (χ1n) is 13.7. The Kier molecular flexibility index (Phi) is 6.50. The number of aromatic nitrogens is 1. The van der Waals surface area contributed by atoms with Gasteiger partial charge in [-0.15, -0.1) is 0 Å². The molecule has 4 aliphatic carbocycles. The molecule has 0 aromatic carbocycles. The molecule has 2 heterocycles. The van der Waals surface area contributed by atoms with E-state index in [4.69, 9.17) is 0 Å². The highest BCUT2D eigenvalue weighted by Gasteiger charge is 2.62. The van der Waals surface area contributed by atoms with Gasteiger partial charge in [0.2, 0.25) is 0 Å². The summed E-state index contributed by atoms with van der Waals surface area (Å²) in [6, 6.07) is 2.47. The number of pyridine rings is 1. The van der Waals surface area contributed by atoms with Gasteiger partial charge in [-0.05, 0) is 95.1 Å². The Labute approximate surface area is 223 Å². The minimum atomic E-state index is -4.41. The van der Waals surface area contributed by atoms with Gasteiger partial charge in [-0.25, -0.2) is 4.98 Å². The first-order valence-corrected chi connectivity index (χ1v) is 13.7. The lowest BCUT2D eigenvalue weighted by Crippen LogP contribution is -2.67. The number of alkyl halides is 3. The maximum Gasteiger partial charge on any atom is 0.417 e. The van der Waals surface area contributed by atoms with Crippen LogP contribution in [0.25, 0.3) is 0 Å². The van der Waals surface area contributed by atoms with Gasteiger partial charge in [0.05, 0.1) is 22.7 Å². The van der Waals surface area contributed by atoms with E-state index in [9.17, 15) is 28.9 Å². The Morgan fingerprint density at radius 2 is 1.68 bits per heavy atom. The molecule has 0 amide bonds. The third-order valence-corrected chi connectivity index (χ3v) is 10.2. The molecular formula is C28H39F3N6O. The summed E-state index contributed by atoms with van der Waals surface area (Å²) < 4.78 is 38.7. The number of hydrogen-bond donors (Lipinski definition) is 2. The van der Waals surface area contributed by atoms with Gasteiger partial charge in [-0.2, -0.15) is 18.4 Å². The van der Waals surface area contributed by atoms with Crippen LogP contribution < -0.4 is 4.90 Å². The number of nitriles is 1. The van der Waals surface area contributed by atoms with Crippen LogP contribution in [0.5, 0.6) is 0 Å². The maximum atomic E-state index is 12.9. The topological polar surface area (TPSA) is 90.5 Å². The Bertz CT molecular complexity index is 1080. The number of nitrogens with one attached hydrogen (secondary N) is 1. The molecule has 7 nitrogen and oxygen atoms in total. The zero-order valence-electron chi connectivity index (χ0n) is 22.7. The van der Waals surface area contributed by atoms with Crippen molar-refractivity contribution in [2.75, 3.05) is 31.1 Å². The van der Waals surface area contributed by atoms with E-state index in [0.29, 0.717) is 55.6 Å². The molecule has 2 atom stereocenters. The van der Waals surface area contributed by atoms with E-state index in [1.54, 1.807) is 4.90 Å². The number of hydrogen-bond acceptors (Lipinski definition) is 6. The van der Waals surface area contributed by atoms with Gasteiger partial charge in [0, 0.05) is 32.4 Å². The second-order valence-corrected chi connectivity index (χ2v) is 13.1. The van der Waals surface area contributed by atoms with Gasteiger partial charge < -0.3 is 10.0 Å². The fraction of sp³-hybridized carbons (Fsp3) is 0.750. The number of nitrogens with zero attached hydrogens (tertiary/aromatic N) is 5. The standard InChI is InChI=1S/C28H39F3N6O/c1-25(2,36-9-7-35(8-10-36)22-6-5-21(16-34-22)28(29,30)31)24(33)37(17-32)23-19-11-18-12-20(23)15-27(13-18,14-19)26(3,4)38/h5-6,16,18-20,23,33,38H,7-15H2,1-4H3. The number of amidine groups is 1. The Hall–Kier alpha value is -2.38. The summed E-state index contributed by atoms with van der Waals surface area (Å²) in [5, 5.41) is 30.6. The number of piperazine rings is 1. The van der Waals surface area contributed by atoms with Crippen LogP contribution in [0, 0.1) is 40.0 Å². The molecule has 208 valence electrons. The molecule has 5 fully saturated rings. The van der Waals surface area contributed by atoms with Crippen LogP contribution in [0.15, 0.2) is 18.3 Å². The second kappa shape index (κ2) is 9.09. The van der Waals surface area contributed by atoms with Gasteiger partial charge in [-0.3, -0.25) is 15.2 Å². The van der Waals surface area contributed by atoms with Crippen LogP contribution in [-0.2, 0) is 6.18 Å². The van der Waals surface area contributed by atoms with Crippen molar-refractivity contribution in [2.45, 2.75) is 83.2 Å². The van der Waals surface area contributed by atoms with Crippen LogP contribution >= 0.6 is 0 Å². The lowest BCUT2D eigenvalue weighted by Gasteiger charge is -2.64. The molecule has 0 spiro atoms. The average molecular weight is 533 g/mol. The van der Waals surface area contributed by atoms with Crippen molar-refractivity contribution in [2.24, 2.45) is 23.2 Å². The molecule has 4 bridgehead atoms. The van der Waals surface area contributed by atoms with Crippen LogP contribution in [-0.4, -0.2) is 69.1 Å². The lowest BCUT2D eigenvalue weighted by atomic mass is 9.44. The quantitative estimate of drug-likeness (QED) is 0.247. The minimum absolute atomic E-state index is 0.00330. The first kappa shape index (κ1) is 27.2. The van der Waals surface area contributed by atoms with Crippen molar-refractivity contribution >= 4 is 11.7 Å². The molecule has 5 aliphatic rings. The molecule has 10 heteroatoms. The molecule has 4 saturated carbocycles. The fourth-order valence-electron chi connectivity index (χ4n) is 8.11. The minimum Gasteiger partial charge on any atom is -0.390 e. The number of aliphatic hydroxyl groups is 1. The highest BCUT2D eigenvalue weighted by atomic mass is 19.4. The van der Waals surface area contributed by atoms with Crippen molar-refractivity contribution in [1.82, 2.24) is 14.8 Å². The van der Waals surface area contributed by atoms with E-state index >= 15 is 0 Å². The van der Waals surface area contributed by atoms with E-state index < -0.39 is 22.9 Å². The molecule has 1 aliphatic heterocycles. The molecule has 38 heavy (non-hydrogen) atoms. The van der Waals surface area contributed by atoms with Gasteiger partial charge in [0.1, 0.15) is 11.7 Å². The Morgan fingerprint density at radius 3 is 2.16 bits per heavy atom. The smallest absolute Gasteiger partial charge is 0.390 e. The van der Waals surface area contributed by atoms with Gasteiger partial charge >= 0.3 is 6.18 Å². The van der Waals surface area contributed by atoms with Gasteiger partial charge in [0.25, 0.3) is 0 Å². The average Bonchev–Trinajstić information content (AvgIpc) is 2.84. The predicted molar refractivity (Wildman–Crippen MR) is 138 cm³/mol. The zero-order valence-corrected chi connectivity index (χ0v) is 22.7. The maximum absolute atomic E-state index is 12.9. The summed E-state index contributed by atoms with van der Waals surface area (Å²) in [6.45, 7) is 10.2. The van der Waals surface area contributed by atoms with E-state index in [2.05, 4.69) is 16.1 Å². The van der Waals surface area contributed by atoms with Crippen molar-refractivity contribution in [3.05, 3.63) is 23.9 Å².